The molecular weight excluding hydrogens is 194 g/mol. The van der Waals surface area contributed by atoms with Crippen LogP contribution in [0.2, 0.25) is 0 Å². The normalized spacial score (nSPS) is 12.5. The quantitative estimate of drug-likeness (QED) is 0.747. The summed E-state index contributed by atoms with van der Waals surface area (Å²) >= 11 is 0. The van der Waals surface area contributed by atoms with Crippen LogP contribution in [0.4, 0.5) is 0 Å². The Morgan fingerprint density at radius 2 is 2.20 bits per heavy atom. The highest BCUT2D eigenvalue weighted by molar-refractivity contribution is 5.07. The van der Waals surface area contributed by atoms with Gasteiger partial charge in [-0.2, -0.15) is 0 Å². The van der Waals surface area contributed by atoms with E-state index in [2.05, 4.69) is 15.3 Å². The monoisotopic (exact) mass is 211 g/mol. The van der Waals surface area contributed by atoms with Gasteiger partial charge in [-0.25, -0.2) is 4.98 Å². The predicted molar refractivity (Wildman–Crippen MR) is 56.8 cm³/mol. The van der Waals surface area contributed by atoms with Gasteiger partial charge in [-0.1, -0.05) is 0 Å². The summed E-state index contributed by atoms with van der Waals surface area (Å²) in [7, 11) is 3.51. The van der Waals surface area contributed by atoms with Crippen LogP contribution in [-0.2, 0) is 11.3 Å². The van der Waals surface area contributed by atoms with E-state index in [4.69, 9.17) is 9.47 Å². The van der Waals surface area contributed by atoms with Crippen molar-refractivity contribution in [2.75, 3.05) is 20.8 Å². The summed E-state index contributed by atoms with van der Waals surface area (Å²) in [6.07, 6.45) is 3.31. The summed E-state index contributed by atoms with van der Waals surface area (Å²) < 4.78 is 10.4. The highest BCUT2D eigenvalue weighted by Gasteiger charge is 2.04. The fraction of sp³-hybridized carbons (Fsp3) is 0.600. The summed E-state index contributed by atoms with van der Waals surface area (Å²) in [5, 5.41) is 3.00. The van der Waals surface area contributed by atoms with Gasteiger partial charge in [0.25, 0.3) is 0 Å². The Balaban J connectivity index is 2.48. The van der Waals surface area contributed by atoms with Crippen molar-refractivity contribution in [3.8, 4) is 5.88 Å². The van der Waals surface area contributed by atoms with Gasteiger partial charge in [0.05, 0.1) is 24.7 Å². The van der Waals surface area contributed by atoms with Crippen molar-refractivity contribution in [2.24, 2.45) is 0 Å². The zero-order valence-corrected chi connectivity index (χ0v) is 9.36. The van der Waals surface area contributed by atoms with Crippen LogP contribution in [0.1, 0.15) is 12.6 Å². The van der Waals surface area contributed by atoms with E-state index in [1.807, 2.05) is 14.0 Å². The molecule has 15 heavy (non-hydrogen) atoms. The van der Waals surface area contributed by atoms with E-state index in [0.717, 1.165) is 5.69 Å². The highest BCUT2D eigenvalue weighted by Crippen LogP contribution is 2.06. The molecule has 0 amide bonds. The van der Waals surface area contributed by atoms with E-state index in [9.17, 15) is 0 Å². The molecule has 0 aliphatic carbocycles. The molecule has 1 rings (SSSR count). The molecule has 0 saturated heterocycles. The highest BCUT2D eigenvalue weighted by atomic mass is 16.5. The van der Waals surface area contributed by atoms with Gasteiger partial charge in [-0.05, 0) is 14.0 Å². The summed E-state index contributed by atoms with van der Waals surface area (Å²) in [6.45, 7) is 3.17. The van der Waals surface area contributed by atoms with Crippen molar-refractivity contribution in [1.82, 2.24) is 15.3 Å². The lowest BCUT2D eigenvalue weighted by Gasteiger charge is -2.12. The molecule has 1 unspecified atom stereocenters. The Morgan fingerprint density at radius 1 is 1.40 bits per heavy atom. The minimum absolute atomic E-state index is 0.0144. The van der Waals surface area contributed by atoms with Gasteiger partial charge in [0.1, 0.15) is 6.10 Å². The Hall–Kier alpha value is -1.20. The van der Waals surface area contributed by atoms with Crippen molar-refractivity contribution in [3.05, 3.63) is 18.1 Å². The second kappa shape index (κ2) is 6.31. The lowest BCUT2D eigenvalue weighted by atomic mass is 10.4. The molecule has 1 aromatic heterocycles. The second-order valence-corrected chi connectivity index (χ2v) is 3.26. The maximum Gasteiger partial charge on any atom is 0.232 e. The number of nitrogens with one attached hydrogen (secondary N) is 1. The molecule has 1 atom stereocenters. The largest absolute Gasteiger partial charge is 0.471 e. The van der Waals surface area contributed by atoms with Crippen LogP contribution in [0, 0.1) is 0 Å². The number of hydrogen-bond acceptors (Lipinski definition) is 5. The number of nitrogens with zero attached hydrogens (tertiary/aromatic N) is 2. The van der Waals surface area contributed by atoms with E-state index in [1.165, 1.54) is 0 Å². The number of ether oxygens (including phenoxy) is 2. The Labute approximate surface area is 89.8 Å². The number of aromatic nitrogens is 2. The fourth-order valence-corrected chi connectivity index (χ4v) is 1.15. The molecule has 0 spiro atoms. The molecule has 1 heterocycles. The molecule has 1 N–H and O–H groups in total. The summed E-state index contributed by atoms with van der Waals surface area (Å²) in [5.74, 6) is 0.527. The topological polar surface area (TPSA) is 56.3 Å². The van der Waals surface area contributed by atoms with Gasteiger partial charge in [0.2, 0.25) is 5.88 Å². The predicted octanol–water partition coefficient (Wildman–Crippen LogP) is 0.610. The Morgan fingerprint density at radius 3 is 2.73 bits per heavy atom. The van der Waals surface area contributed by atoms with E-state index >= 15 is 0 Å². The first-order chi connectivity index (χ1) is 7.26. The molecule has 1 aromatic rings. The van der Waals surface area contributed by atoms with Gasteiger partial charge >= 0.3 is 0 Å². The fourth-order valence-electron chi connectivity index (χ4n) is 1.15. The van der Waals surface area contributed by atoms with Crippen LogP contribution >= 0.6 is 0 Å². The zero-order valence-electron chi connectivity index (χ0n) is 9.36. The molecule has 0 fully saturated rings. The molecule has 0 aromatic carbocycles. The van der Waals surface area contributed by atoms with Crippen LogP contribution in [0.5, 0.6) is 5.88 Å². The molecule has 0 saturated carbocycles. The summed E-state index contributed by atoms with van der Waals surface area (Å²) in [4.78, 5) is 8.33. The number of methoxy groups -OCH3 is 1. The van der Waals surface area contributed by atoms with Gasteiger partial charge in [0, 0.05) is 13.7 Å². The average molecular weight is 211 g/mol. The minimum Gasteiger partial charge on any atom is -0.471 e. The first-order valence-corrected chi connectivity index (χ1v) is 4.87. The van der Waals surface area contributed by atoms with Crippen molar-refractivity contribution in [3.63, 3.8) is 0 Å². The number of hydrogen-bond donors (Lipinski definition) is 1. The Kier molecular flexibility index (Phi) is 5.00. The molecule has 0 aliphatic heterocycles. The maximum atomic E-state index is 5.47. The first kappa shape index (κ1) is 11.9. The van der Waals surface area contributed by atoms with Crippen molar-refractivity contribution in [2.45, 2.75) is 19.6 Å². The zero-order chi connectivity index (χ0) is 11.1. The molecule has 5 heteroatoms. The molecule has 84 valence electrons. The van der Waals surface area contributed by atoms with E-state index < -0.39 is 0 Å². The van der Waals surface area contributed by atoms with Crippen LogP contribution in [0.3, 0.4) is 0 Å². The van der Waals surface area contributed by atoms with E-state index in [-0.39, 0.29) is 6.10 Å². The van der Waals surface area contributed by atoms with Gasteiger partial charge in [-0.3, -0.25) is 4.98 Å². The van der Waals surface area contributed by atoms with E-state index in [0.29, 0.717) is 19.0 Å². The van der Waals surface area contributed by atoms with Crippen LogP contribution in [-0.4, -0.2) is 36.8 Å². The molecule has 0 radical (unpaired) electrons. The lowest BCUT2D eigenvalue weighted by molar-refractivity contribution is 0.0886. The maximum absolute atomic E-state index is 5.47. The average Bonchev–Trinajstić information content (AvgIpc) is 2.22. The third kappa shape index (κ3) is 4.22. The molecule has 5 nitrogen and oxygen atoms in total. The summed E-state index contributed by atoms with van der Waals surface area (Å²) in [5.41, 5.74) is 0.893. The van der Waals surface area contributed by atoms with E-state index in [1.54, 1.807) is 19.5 Å². The smallest absolute Gasteiger partial charge is 0.232 e. The van der Waals surface area contributed by atoms with Gasteiger partial charge in [0.15, 0.2) is 0 Å². The third-order valence-corrected chi connectivity index (χ3v) is 1.76. The molecule has 0 aliphatic rings. The van der Waals surface area contributed by atoms with Gasteiger partial charge in [-0.15, -0.1) is 0 Å². The minimum atomic E-state index is -0.0144. The molecular formula is C10H17N3O2. The van der Waals surface area contributed by atoms with Gasteiger partial charge < -0.3 is 14.8 Å². The van der Waals surface area contributed by atoms with Crippen molar-refractivity contribution < 1.29 is 9.47 Å². The standard InChI is InChI=1S/C10H17N3O2/c1-8(7-14-3)15-10-6-12-9(4-11-2)5-13-10/h5-6,8,11H,4,7H2,1-3H3. The van der Waals surface area contributed by atoms with Crippen LogP contribution in [0.15, 0.2) is 12.4 Å². The number of rotatable bonds is 6. The Bertz CT molecular complexity index is 277. The molecule has 0 bridgehead atoms. The SMILES string of the molecule is CNCc1cnc(OC(C)COC)cn1. The second-order valence-electron chi connectivity index (χ2n) is 3.26. The van der Waals surface area contributed by atoms with Crippen LogP contribution in [0.25, 0.3) is 0 Å². The van der Waals surface area contributed by atoms with Crippen molar-refractivity contribution >= 4 is 0 Å². The lowest BCUT2D eigenvalue weighted by Crippen LogP contribution is -2.18. The van der Waals surface area contributed by atoms with Crippen molar-refractivity contribution in [1.29, 1.82) is 0 Å². The third-order valence-electron chi connectivity index (χ3n) is 1.76. The van der Waals surface area contributed by atoms with Crippen LogP contribution < -0.4 is 10.1 Å². The first-order valence-electron chi connectivity index (χ1n) is 4.87. The summed E-state index contributed by atoms with van der Waals surface area (Å²) in [6, 6.07) is 0.